The number of carbonyl (C=O) groups excluding carboxylic acids is 1. The fraction of sp³-hybridized carbons (Fsp3) is 0.833. The molecule has 2 atom stereocenters. The van der Waals surface area contributed by atoms with Crippen molar-refractivity contribution < 1.29 is 4.79 Å². The molecule has 0 aliphatic carbocycles. The van der Waals surface area contributed by atoms with E-state index in [1.165, 1.54) is 0 Å². The van der Waals surface area contributed by atoms with E-state index in [-0.39, 0.29) is 6.03 Å². The highest BCUT2D eigenvalue weighted by atomic mass is 127. The van der Waals surface area contributed by atoms with Crippen LogP contribution in [0.2, 0.25) is 0 Å². The first kappa shape index (κ1) is 8.10. The van der Waals surface area contributed by atoms with E-state index >= 15 is 0 Å². The van der Waals surface area contributed by atoms with Gasteiger partial charge in [0.25, 0.3) is 0 Å². The lowest BCUT2D eigenvalue weighted by atomic mass is 10.2. The number of hydrogen-bond donors (Lipinski definition) is 1. The maximum Gasteiger partial charge on any atom is 0.318 e. The molecule has 1 aliphatic heterocycles. The molecule has 58 valence electrons. The van der Waals surface area contributed by atoms with E-state index in [9.17, 15) is 4.79 Å². The first-order chi connectivity index (χ1) is 4.66. The average Bonchev–Trinajstić information content (AvgIpc) is 2.17. The lowest BCUT2D eigenvalue weighted by Gasteiger charge is -2.14. The Balaban J connectivity index is 2.61. The molecule has 10 heavy (non-hydrogen) atoms. The van der Waals surface area contributed by atoms with Crippen molar-refractivity contribution in [1.82, 2.24) is 10.2 Å². The molecular formula is C6H11IN2O. The number of nitrogens with one attached hydrogen (secondary N) is 1. The molecule has 1 rings (SSSR count). The molecule has 0 spiro atoms. The van der Waals surface area contributed by atoms with Crippen molar-refractivity contribution >= 4 is 28.6 Å². The van der Waals surface area contributed by atoms with Crippen LogP contribution in [0.1, 0.15) is 13.3 Å². The van der Waals surface area contributed by atoms with Crippen molar-refractivity contribution in [1.29, 1.82) is 0 Å². The van der Waals surface area contributed by atoms with Crippen LogP contribution >= 0.6 is 22.6 Å². The van der Waals surface area contributed by atoms with E-state index in [4.69, 9.17) is 0 Å². The molecular weight excluding hydrogens is 243 g/mol. The molecule has 0 aromatic rings. The molecule has 2 unspecified atom stereocenters. The number of carbonyl (C=O) groups is 1. The Morgan fingerprint density at radius 3 is 2.60 bits per heavy atom. The highest BCUT2D eigenvalue weighted by Crippen LogP contribution is 2.19. The van der Waals surface area contributed by atoms with Crippen molar-refractivity contribution in [2.24, 2.45) is 0 Å². The monoisotopic (exact) mass is 254 g/mol. The number of nitrogens with zero attached hydrogens (tertiary/aromatic N) is 1. The first-order valence-electron chi connectivity index (χ1n) is 3.34. The second kappa shape index (κ2) is 2.94. The van der Waals surface area contributed by atoms with Gasteiger partial charge in [0.1, 0.15) is 4.05 Å². The van der Waals surface area contributed by atoms with Gasteiger partial charge in [-0.2, -0.15) is 0 Å². The van der Waals surface area contributed by atoms with Gasteiger partial charge >= 0.3 is 6.03 Å². The number of amides is 2. The highest BCUT2D eigenvalue weighted by Gasteiger charge is 2.33. The van der Waals surface area contributed by atoms with Crippen LogP contribution in [0.15, 0.2) is 0 Å². The Hall–Kier alpha value is 0. The van der Waals surface area contributed by atoms with Crippen LogP contribution in [0, 0.1) is 0 Å². The number of alkyl halides is 1. The Morgan fingerprint density at radius 2 is 2.40 bits per heavy atom. The molecule has 1 fully saturated rings. The van der Waals surface area contributed by atoms with Crippen LogP contribution < -0.4 is 5.32 Å². The van der Waals surface area contributed by atoms with Gasteiger partial charge in [0.05, 0.1) is 6.04 Å². The number of likely N-dealkylation sites (N-methyl/N-ethyl adjacent to an activating group) is 1. The third-order valence-corrected chi connectivity index (χ3v) is 3.47. The fourth-order valence-electron chi connectivity index (χ4n) is 1.01. The summed E-state index contributed by atoms with van der Waals surface area (Å²) in [5.74, 6) is 0. The molecule has 4 heteroatoms. The van der Waals surface area contributed by atoms with E-state index < -0.39 is 0 Å². The predicted molar refractivity (Wildman–Crippen MR) is 48.2 cm³/mol. The minimum Gasteiger partial charge on any atom is -0.332 e. The van der Waals surface area contributed by atoms with Crippen molar-refractivity contribution in [3.8, 4) is 0 Å². The van der Waals surface area contributed by atoms with E-state index in [0.29, 0.717) is 10.1 Å². The van der Waals surface area contributed by atoms with E-state index in [0.717, 1.165) is 6.42 Å². The van der Waals surface area contributed by atoms with Gasteiger partial charge in [-0.15, -0.1) is 0 Å². The largest absolute Gasteiger partial charge is 0.332 e. The van der Waals surface area contributed by atoms with Gasteiger partial charge < -0.3 is 10.2 Å². The normalized spacial score (nSPS) is 32.7. The Morgan fingerprint density at radius 1 is 1.80 bits per heavy atom. The summed E-state index contributed by atoms with van der Waals surface area (Å²) in [4.78, 5) is 12.7. The zero-order valence-electron chi connectivity index (χ0n) is 6.10. The number of rotatable bonds is 1. The molecule has 0 saturated carbocycles. The van der Waals surface area contributed by atoms with E-state index in [1.54, 1.807) is 4.90 Å². The minimum atomic E-state index is 0.0475. The number of urea groups is 1. The molecule has 0 bridgehead atoms. The standard InChI is InChI=1S/C6H11IN2O/c1-3-4-5(7)9(2)6(10)8-4/h4-5H,3H2,1-2H3,(H,8,10). The first-order valence-corrected chi connectivity index (χ1v) is 4.58. The van der Waals surface area contributed by atoms with Crippen molar-refractivity contribution in [3.63, 3.8) is 0 Å². The van der Waals surface area contributed by atoms with Gasteiger partial charge in [0, 0.05) is 7.05 Å². The summed E-state index contributed by atoms with van der Waals surface area (Å²) in [5.41, 5.74) is 0. The number of hydrogen-bond acceptors (Lipinski definition) is 1. The van der Waals surface area contributed by atoms with Gasteiger partial charge in [0.15, 0.2) is 0 Å². The van der Waals surface area contributed by atoms with E-state index in [2.05, 4.69) is 34.8 Å². The lowest BCUT2D eigenvalue weighted by molar-refractivity contribution is 0.225. The third kappa shape index (κ3) is 1.21. The Bertz CT molecular complexity index is 151. The second-order valence-electron chi connectivity index (χ2n) is 2.45. The van der Waals surface area contributed by atoms with Crippen LogP contribution in [0.5, 0.6) is 0 Å². The molecule has 1 aliphatic rings. The topological polar surface area (TPSA) is 32.3 Å². The Kier molecular flexibility index (Phi) is 2.38. The van der Waals surface area contributed by atoms with Crippen LogP contribution in [-0.4, -0.2) is 28.1 Å². The molecule has 1 heterocycles. The lowest BCUT2D eigenvalue weighted by Crippen LogP contribution is -2.27. The van der Waals surface area contributed by atoms with Crippen LogP contribution in [-0.2, 0) is 0 Å². The average molecular weight is 254 g/mol. The summed E-state index contributed by atoms with van der Waals surface area (Å²) < 4.78 is 0.315. The maximum absolute atomic E-state index is 11.0. The summed E-state index contributed by atoms with van der Waals surface area (Å²) in [6, 6.07) is 0.379. The van der Waals surface area contributed by atoms with Gasteiger partial charge in [-0.25, -0.2) is 4.79 Å². The minimum absolute atomic E-state index is 0.0475. The summed E-state index contributed by atoms with van der Waals surface area (Å²) in [7, 11) is 1.82. The SMILES string of the molecule is CCC1NC(=O)N(C)C1I. The maximum atomic E-state index is 11.0. The summed E-state index contributed by atoms with van der Waals surface area (Å²) in [6.07, 6.45) is 1.00. The van der Waals surface area contributed by atoms with Crippen LogP contribution in [0.4, 0.5) is 4.79 Å². The third-order valence-electron chi connectivity index (χ3n) is 1.77. The van der Waals surface area contributed by atoms with Gasteiger partial charge in [0.2, 0.25) is 0 Å². The zero-order chi connectivity index (χ0) is 7.72. The van der Waals surface area contributed by atoms with Crippen LogP contribution in [0.25, 0.3) is 0 Å². The molecule has 1 saturated heterocycles. The van der Waals surface area contributed by atoms with Gasteiger partial charge in [-0.05, 0) is 6.42 Å². The quantitative estimate of drug-likeness (QED) is 0.425. The molecule has 0 aromatic heterocycles. The fourth-order valence-corrected chi connectivity index (χ4v) is 1.95. The van der Waals surface area contributed by atoms with Crippen molar-refractivity contribution in [2.75, 3.05) is 7.05 Å². The summed E-state index contributed by atoms with van der Waals surface area (Å²) >= 11 is 2.28. The molecule has 3 nitrogen and oxygen atoms in total. The van der Waals surface area contributed by atoms with Gasteiger partial charge in [-0.1, -0.05) is 29.5 Å². The van der Waals surface area contributed by atoms with Crippen molar-refractivity contribution in [2.45, 2.75) is 23.4 Å². The molecule has 0 radical (unpaired) electrons. The smallest absolute Gasteiger partial charge is 0.318 e. The zero-order valence-corrected chi connectivity index (χ0v) is 8.25. The molecule has 0 aromatic carbocycles. The van der Waals surface area contributed by atoms with Crippen LogP contribution in [0.3, 0.4) is 0 Å². The predicted octanol–water partition coefficient (Wildman–Crippen LogP) is 1.18. The van der Waals surface area contributed by atoms with E-state index in [1.807, 2.05) is 7.05 Å². The Labute approximate surface area is 74.3 Å². The number of halogens is 1. The summed E-state index contributed by atoms with van der Waals surface area (Å²) in [6.45, 7) is 2.08. The van der Waals surface area contributed by atoms with Gasteiger partial charge in [-0.3, -0.25) is 0 Å². The second-order valence-corrected chi connectivity index (χ2v) is 3.72. The molecule has 1 N–H and O–H groups in total. The highest BCUT2D eigenvalue weighted by molar-refractivity contribution is 14.1. The molecule has 2 amide bonds. The summed E-state index contributed by atoms with van der Waals surface area (Å²) in [5, 5.41) is 2.88. The van der Waals surface area contributed by atoms with Crippen molar-refractivity contribution in [3.05, 3.63) is 0 Å².